The molecule has 0 aliphatic rings. The minimum absolute atomic E-state index is 0. The molecule has 17 valence electrons. The van der Waals surface area contributed by atoms with Gasteiger partial charge in [0, 0.05) is 52.0 Å². The Morgan fingerprint density at radius 3 is 1.25 bits per heavy atom. The van der Waals surface area contributed by atoms with Crippen LogP contribution in [0.15, 0.2) is 0 Å². The van der Waals surface area contributed by atoms with Gasteiger partial charge in [0.1, 0.15) is 0 Å². The summed E-state index contributed by atoms with van der Waals surface area (Å²) in [6.07, 6.45) is 0. The van der Waals surface area contributed by atoms with Gasteiger partial charge in [0.05, 0.1) is 0 Å². The van der Waals surface area contributed by atoms with Crippen molar-refractivity contribution < 1.29 is 86.9 Å². The molecule has 0 saturated carbocycles. The average Bonchev–Trinajstić information content (AvgIpc) is 1.00. The molecule has 0 N–H and O–H groups in total. The van der Waals surface area contributed by atoms with Crippen molar-refractivity contribution in [1.82, 2.24) is 0 Å². The van der Waals surface area contributed by atoms with E-state index in [9.17, 15) is 0 Å². The summed E-state index contributed by atoms with van der Waals surface area (Å²) in [5, 5.41) is 0. The normalized spacial score (nSPS) is 0.750. The molecular weight excluding hydrogens is 499 g/mol. The average molecular weight is 499 g/mol. The third kappa shape index (κ3) is 8.96. The van der Waals surface area contributed by atoms with Gasteiger partial charge in [-0.15, -0.1) is 0 Å². The summed E-state index contributed by atoms with van der Waals surface area (Å²) in [7, 11) is 0. The molecule has 0 radical (unpaired) electrons. The van der Waals surface area contributed by atoms with Gasteiger partial charge >= 0.3 is 34.9 Å². The summed E-state index contributed by atoms with van der Waals surface area (Å²) >= 11 is 3.56. The van der Waals surface area contributed by atoms with Gasteiger partial charge < -0.3 is 0 Å². The Kier molecular flexibility index (Phi) is 64.2. The topological polar surface area (TPSA) is 0 Å². The van der Waals surface area contributed by atoms with E-state index in [1.807, 2.05) is 0 Å². The summed E-state index contributed by atoms with van der Waals surface area (Å²) in [5.41, 5.74) is 0. The van der Waals surface area contributed by atoms with E-state index in [1.165, 1.54) is 17.8 Å². The minimum Gasteiger partial charge on any atom is 0 e. The Morgan fingerprint density at radius 1 is 1.25 bits per heavy atom. The summed E-state index contributed by atoms with van der Waals surface area (Å²) in [6.45, 7) is 0. The molecule has 0 rings (SSSR count). The molecule has 0 aliphatic heterocycles. The molecule has 0 heterocycles. The molecule has 0 amide bonds. The van der Waals surface area contributed by atoms with E-state index in [2.05, 4.69) is 17.1 Å². The Labute approximate surface area is 84.9 Å². The van der Waals surface area contributed by atoms with Gasteiger partial charge in [-0.3, -0.25) is 0 Å². The van der Waals surface area contributed by atoms with Gasteiger partial charge in [-0.1, -0.05) is 0 Å². The molecule has 0 bridgehead atoms. The first-order valence-corrected chi connectivity index (χ1v) is 7.55. The van der Waals surface area contributed by atoms with Crippen molar-refractivity contribution in [1.29, 1.82) is 0 Å². The molecule has 4 heavy (non-hydrogen) atoms. The second-order valence-corrected chi connectivity index (χ2v) is 0. The van der Waals surface area contributed by atoms with Crippen LogP contribution in [0.2, 0.25) is 0 Å². The van der Waals surface area contributed by atoms with Gasteiger partial charge in [0.15, 0.2) is 0 Å². The van der Waals surface area contributed by atoms with Crippen LogP contribution in [0.1, 0.15) is 0 Å². The molecule has 4 heteroatoms. The van der Waals surface area contributed by atoms with Crippen molar-refractivity contribution in [2.75, 3.05) is 0 Å². The predicted octanol–water partition coefficient (Wildman–Crippen LogP) is -0.0100. The van der Waals surface area contributed by atoms with Crippen molar-refractivity contribution in [3.63, 3.8) is 0 Å². The maximum Gasteiger partial charge on any atom is 0 e. The van der Waals surface area contributed by atoms with Gasteiger partial charge in [0.25, 0.3) is 0 Å². The van der Waals surface area contributed by atoms with Crippen LogP contribution >= 0.6 is 0 Å². The van der Waals surface area contributed by atoms with E-state index in [1.54, 1.807) is 0 Å². The quantitative estimate of drug-likeness (QED) is 0.413. The minimum atomic E-state index is 0. The van der Waals surface area contributed by atoms with Crippen LogP contribution in [0, 0.1) is 0 Å². The SMILES string of the molecule is [Hf].[Ti][Ta].[Zr]. The molecule has 0 unspecified atom stereocenters. The Morgan fingerprint density at radius 2 is 1.25 bits per heavy atom. The van der Waals surface area contributed by atoms with Crippen LogP contribution < -0.4 is 0 Å². The smallest absolute Gasteiger partial charge is 0 e. The number of rotatable bonds is 0. The van der Waals surface area contributed by atoms with Crippen molar-refractivity contribution in [3.05, 3.63) is 0 Å². The fourth-order valence-corrected chi connectivity index (χ4v) is 0. The van der Waals surface area contributed by atoms with Crippen LogP contribution in [0.25, 0.3) is 0 Å². The number of hydrogen-bond donors (Lipinski definition) is 0. The van der Waals surface area contributed by atoms with E-state index in [4.69, 9.17) is 0 Å². The van der Waals surface area contributed by atoms with Crippen molar-refractivity contribution in [3.8, 4) is 0 Å². The van der Waals surface area contributed by atoms with Gasteiger partial charge in [-0.05, 0) is 0 Å². The van der Waals surface area contributed by atoms with Crippen molar-refractivity contribution in [2.45, 2.75) is 0 Å². The van der Waals surface area contributed by atoms with Crippen LogP contribution in [0.4, 0.5) is 0 Å². The van der Waals surface area contributed by atoms with E-state index in [0.29, 0.717) is 0 Å². The van der Waals surface area contributed by atoms with E-state index < -0.39 is 0 Å². The van der Waals surface area contributed by atoms with Crippen LogP contribution in [0.3, 0.4) is 0 Å². The van der Waals surface area contributed by atoms with E-state index in [-0.39, 0.29) is 52.0 Å². The summed E-state index contributed by atoms with van der Waals surface area (Å²) in [4.78, 5) is 0. The van der Waals surface area contributed by atoms with Gasteiger partial charge in [-0.25, -0.2) is 0 Å². The monoisotopic (exact) mass is 499 g/mol. The van der Waals surface area contributed by atoms with Gasteiger partial charge in [0.2, 0.25) is 0 Å². The molecule has 0 aromatic carbocycles. The van der Waals surface area contributed by atoms with E-state index in [0.717, 1.165) is 0 Å². The Hall–Kier alpha value is 3.21. The zero-order valence-corrected chi connectivity index (χ0v) is 12.8. The van der Waals surface area contributed by atoms with Crippen molar-refractivity contribution >= 4 is 0 Å². The van der Waals surface area contributed by atoms with Crippen LogP contribution in [-0.4, -0.2) is 0 Å². The first-order valence-electron chi connectivity index (χ1n) is 0.224. The fraction of sp³-hybridized carbons (Fsp3) is 0. The summed E-state index contributed by atoms with van der Waals surface area (Å²) < 4.78 is 0. The maximum atomic E-state index is 2.11. The Balaban J connectivity index is -0.00000000500. The van der Waals surface area contributed by atoms with Crippen molar-refractivity contribution in [2.24, 2.45) is 0 Å². The summed E-state index contributed by atoms with van der Waals surface area (Å²) in [5.74, 6) is 0. The van der Waals surface area contributed by atoms with E-state index >= 15 is 0 Å². The fourth-order valence-electron chi connectivity index (χ4n) is 0. The van der Waals surface area contributed by atoms with Crippen LogP contribution in [-0.2, 0) is 86.9 Å². The molecule has 0 spiro atoms. The number of hydrogen-bond acceptors (Lipinski definition) is 0. The zero-order chi connectivity index (χ0) is 2.00. The molecule has 0 aromatic rings. The van der Waals surface area contributed by atoms with Crippen LogP contribution in [0.5, 0.6) is 0 Å². The largest absolute Gasteiger partial charge is 0 e. The molecular formula is HfTaTiZr. The molecule has 0 fully saturated rings. The predicted molar refractivity (Wildman–Crippen MR) is 0 cm³/mol. The first kappa shape index (κ1) is 15.7. The molecule has 0 saturated heterocycles. The third-order valence-corrected chi connectivity index (χ3v) is 0. The second-order valence-electron chi connectivity index (χ2n) is 0. The Bertz CT molecular complexity index is 8.00. The first-order chi connectivity index (χ1) is 1.00. The molecule has 0 atom stereocenters. The summed E-state index contributed by atoms with van der Waals surface area (Å²) in [6, 6.07) is 0. The molecule has 0 aromatic heterocycles. The standard InChI is InChI=1S/Hf.Ta.Ti.Zr. The maximum absolute atomic E-state index is 2.11. The molecule has 0 nitrogen and oxygen atoms in total. The van der Waals surface area contributed by atoms with Gasteiger partial charge in [-0.2, -0.15) is 0 Å². The molecule has 0 aliphatic carbocycles. The zero-order valence-electron chi connectivity index (χ0n) is 1.95. The third-order valence-electron chi connectivity index (χ3n) is 0. The second kappa shape index (κ2) is 16.4.